The van der Waals surface area contributed by atoms with E-state index in [1.54, 1.807) is 0 Å². The highest BCUT2D eigenvalue weighted by Crippen LogP contribution is 2.43. The van der Waals surface area contributed by atoms with Crippen LogP contribution in [0.1, 0.15) is 22.7 Å². The van der Waals surface area contributed by atoms with Crippen LogP contribution in [0.25, 0.3) is 5.76 Å². The molecule has 0 radical (unpaired) electrons. The minimum Gasteiger partial charge on any atom is -0.507 e. The maximum absolute atomic E-state index is 13.1. The summed E-state index contributed by atoms with van der Waals surface area (Å²) in [4.78, 5) is 29.5. The Hall–Kier alpha value is -2.54. The number of methoxy groups -OCH3 is 1. The number of hydrogen-bond donors (Lipinski definition) is 1. The van der Waals surface area contributed by atoms with Crippen molar-refractivity contribution < 1.29 is 19.4 Å². The van der Waals surface area contributed by atoms with Gasteiger partial charge in [-0.1, -0.05) is 47.5 Å². The molecule has 1 fully saturated rings. The minimum atomic E-state index is -0.761. The number of rotatable bonds is 6. The molecule has 6 nitrogen and oxygen atoms in total. The fourth-order valence-corrected chi connectivity index (χ4v) is 4.29. The molecule has 1 saturated heterocycles. The molecule has 1 unspecified atom stereocenters. The summed E-state index contributed by atoms with van der Waals surface area (Å²) < 4.78 is 5.34. The monoisotopic (exact) mass is 462 g/mol. The molecule has 0 aromatic heterocycles. The lowest BCUT2D eigenvalue weighted by molar-refractivity contribution is -0.140. The Morgan fingerprint density at radius 1 is 1.19 bits per heavy atom. The second-order valence-corrected chi connectivity index (χ2v) is 8.46. The van der Waals surface area contributed by atoms with E-state index in [0.717, 1.165) is 11.1 Å². The van der Waals surface area contributed by atoms with Gasteiger partial charge in [-0.3, -0.25) is 9.59 Å². The Bertz CT molecular complexity index is 1070. The van der Waals surface area contributed by atoms with Crippen molar-refractivity contribution in [2.75, 3.05) is 34.3 Å². The zero-order valence-electron chi connectivity index (χ0n) is 17.8. The van der Waals surface area contributed by atoms with Crippen molar-refractivity contribution in [2.45, 2.75) is 13.0 Å². The summed E-state index contributed by atoms with van der Waals surface area (Å²) in [5, 5.41) is 11.7. The van der Waals surface area contributed by atoms with Crippen molar-refractivity contribution >= 4 is 40.7 Å². The number of aliphatic hydroxyl groups is 1. The van der Waals surface area contributed by atoms with Crippen molar-refractivity contribution in [2.24, 2.45) is 0 Å². The van der Waals surface area contributed by atoms with E-state index in [0.29, 0.717) is 13.1 Å². The molecule has 1 heterocycles. The number of amides is 1. The summed E-state index contributed by atoms with van der Waals surface area (Å²) in [6, 6.07) is 9.67. The second kappa shape index (κ2) is 9.30. The van der Waals surface area contributed by atoms with Gasteiger partial charge in [-0.15, -0.1) is 0 Å². The predicted octanol–water partition coefficient (Wildman–Crippen LogP) is 4.29. The molecule has 2 aromatic carbocycles. The number of nitrogens with zero attached hydrogens (tertiary/aromatic N) is 2. The first-order valence-corrected chi connectivity index (χ1v) is 10.4. The van der Waals surface area contributed by atoms with E-state index in [9.17, 15) is 14.7 Å². The summed E-state index contributed by atoms with van der Waals surface area (Å²) in [5.41, 5.74) is 1.79. The first-order chi connectivity index (χ1) is 14.7. The van der Waals surface area contributed by atoms with Crippen LogP contribution in [-0.2, 0) is 9.59 Å². The average molecular weight is 463 g/mol. The van der Waals surface area contributed by atoms with Gasteiger partial charge in [0.25, 0.3) is 11.7 Å². The third-order valence-corrected chi connectivity index (χ3v) is 5.78. The Morgan fingerprint density at radius 3 is 2.48 bits per heavy atom. The van der Waals surface area contributed by atoms with Gasteiger partial charge in [-0.2, -0.15) is 0 Å². The molecule has 31 heavy (non-hydrogen) atoms. The Labute approximate surface area is 191 Å². The molecule has 3 rings (SSSR count). The summed E-state index contributed by atoms with van der Waals surface area (Å²) in [7, 11) is 5.18. The van der Waals surface area contributed by atoms with Gasteiger partial charge >= 0.3 is 0 Å². The maximum atomic E-state index is 13.1. The first kappa shape index (κ1) is 23.1. The molecule has 8 heteroatoms. The van der Waals surface area contributed by atoms with Crippen LogP contribution in [0.4, 0.5) is 0 Å². The highest BCUT2D eigenvalue weighted by molar-refractivity contribution is 6.46. The lowest BCUT2D eigenvalue weighted by Gasteiger charge is -2.27. The first-order valence-electron chi connectivity index (χ1n) is 9.69. The van der Waals surface area contributed by atoms with Crippen LogP contribution in [0.15, 0.2) is 42.0 Å². The van der Waals surface area contributed by atoms with Gasteiger partial charge in [0.1, 0.15) is 11.5 Å². The maximum Gasteiger partial charge on any atom is 0.295 e. The van der Waals surface area contributed by atoms with Gasteiger partial charge in [0, 0.05) is 18.1 Å². The van der Waals surface area contributed by atoms with E-state index in [1.165, 1.54) is 24.1 Å². The summed E-state index contributed by atoms with van der Waals surface area (Å²) in [5.74, 6) is -1.63. The highest BCUT2D eigenvalue weighted by atomic mass is 35.5. The third kappa shape index (κ3) is 4.42. The molecule has 1 aliphatic rings. The molecule has 164 valence electrons. The van der Waals surface area contributed by atoms with Gasteiger partial charge in [-0.25, -0.2) is 0 Å². The number of carbonyl (C=O) groups is 2. The molecular weight excluding hydrogens is 439 g/mol. The van der Waals surface area contributed by atoms with E-state index in [1.807, 2.05) is 50.2 Å². The number of Topliss-reactive ketones (excluding diaryl/α,β-unsaturated/α-hetero) is 1. The quantitative estimate of drug-likeness (QED) is 0.393. The van der Waals surface area contributed by atoms with Crippen molar-refractivity contribution in [1.29, 1.82) is 0 Å². The standard InChI is InChI=1S/C23H24Cl2N2O4/c1-13-7-5-6-8-15(13)19-18(21(29)23(30)27(19)10-9-26(2)3)20(28)16-11-14(24)12-17(25)22(16)31-4/h5-8,11-12,19,28H,9-10H2,1-4H3/b20-18+. The number of hydrogen-bond acceptors (Lipinski definition) is 5. The molecular formula is C23H24Cl2N2O4. The van der Waals surface area contributed by atoms with Crippen LogP contribution in [0.2, 0.25) is 10.0 Å². The van der Waals surface area contributed by atoms with Crippen LogP contribution < -0.4 is 4.74 Å². The number of benzene rings is 2. The van der Waals surface area contributed by atoms with Crippen molar-refractivity contribution in [3.05, 3.63) is 68.7 Å². The van der Waals surface area contributed by atoms with Crippen molar-refractivity contribution in [3.8, 4) is 5.75 Å². The zero-order chi connectivity index (χ0) is 22.9. The van der Waals surface area contributed by atoms with Crippen molar-refractivity contribution in [1.82, 2.24) is 9.80 Å². The Morgan fingerprint density at radius 2 is 1.87 bits per heavy atom. The average Bonchev–Trinajstić information content (AvgIpc) is 2.96. The van der Waals surface area contributed by atoms with E-state index in [2.05, 4.69) is 0 Å². The van der Waals surface area contributed by atoms with E-state index in [-0.39, 0.29) is 32.7 Å². The summed E-state index contributed by atoms with van der Waals surface area (Å²) in [6.07, 6.45) is 0. The van der Waals surface area contributed by atoms with Gasteiger partial charge in [0.15, 0.2) is 0 Å². The molecule has 0 aliphatic carbocycles. The number of carbonyl (C=O) groups excluding carboxylic acids is 2. The Kier molecular flexibility index (Phi) is 6.94. The molecule has 1 amide bonds. The SMILES string of the molecule is COc1c(Cl)cc(Cl)cc1/C(O)=C1\C(=O)C(=O)N(CCN(C)C)C1c1ccccc1C. The van der Waals surface area contributed by atoms with E-state index >= 15 is 0 Å². The zero-order valence-corrected chi connectivity index (χ0v) is 19.3. The number of halogens is 2. The van der Waals surface area contributed by atoms with Gasteiger partial charge in [0.2, 0.25) is 0 Å². The fraction of sp³-hybridized carbons (Fsp3) is 0.304. The molecule has 1 atom stereocenters. The number of aliphatic hydroxyl groups excluding tert-OH is 1. The Balaban J connectivity index is 2.27. The number of likely N-dealkylation sites (tertiary alicyclic amines) is 1. The molecule has 0 saturated carbocycles. The topological polar surface area (TPSA) is 70.1 Å². The number of ether oxygens (including phenoxy) is 1. The van der Waals surface area contributed by atoms with Crippen molar-refractivity contribution in [3.63, 3.8) is 0 Å². The molecule has 0 spiro atoms. The van der Waals surface area contributed by atoms with Crippen LogP contribution in [-0.4, -0.2) is 60.9 Å². The van der Waals surface area contributed by atoms with E-state index in [4.69, 9.17) is 27.9 Å². The molecule has 2 aromatic rings. The smallest absolute Gasteiger partial charge is 0.295 e. The number of ketones is 1. The van der Waals surface area contributed by atoms with Gasteiger partial charge in [0.05, 0.1) is 29.3 Å². The highest BCUT2D eigenvalue weighted by Gasteiger charge is 2.46. The molecule has 0 bridgehead atoms. The van der Waals surface area contributed by atoms with Crippen LogP contribution in [0.5, 0.6) is 5.75 Å². The van der Waals surface area contributed by atoms with Gasteiger partial charge in [-0.05, 0) is 44.3 Å². The van der Waals surface area contributed by atoms with E-state index < -0.39 is 17.7 Å². The summed E-state index contributed by atoms with van der Waals surface area (Å²) >= 11 is 12.4. The number of likely N-dealkylation sites (N-methyl/N-ethyl adjacent to an activating group) is 1. The lowest BCUT2D eigenvalue weighted by atomic mass is 9.92. The van der Waals surface area contributed by atoms with Crippen LogP contribution >= 0.6 is 23.2 Å². The fourth-order valence-electron chi connectivity index (χ4n) is 3.72. The predicted molar refractivity (Wildman–Crippen MR) is 122 cm³/mol. The summed E-state index contributed by atoms with van der Waals surface area (Å²) in [6.45, 7) is 2.78. The largest absolute Gasteiger partial charge is 0.507 e. The second-order valence-electron chi connectivity index (χ2n) is 7.62. The molecule has 1 N–H and O–H groups in total. The van der Waals surface area contributed by atoms with Crippen LogP contribution in [0.3, 0.4) is 0 Å². The molecule has 1 aliphatic heterocycles. The third-order valence-electron chi connectivity index (χ3n) is 5.28. The lowest BCUT2D eigenvalue weighted by Crippen LogP contribution is -2.35. The van der Waals surface area contributed by atoms with Crippen LogP contribution in [0, 0.1) is 6.92 Å². The number of aryl methyl sites for hydroxylation is 1. The normalized spacial score (nSPS) is 18.2. The van der Waals surface area contributed by atoms with Gasteiger partial charge < -0.3 is 19.6 Å². The minimum absolute atomic E-state index is 0.0188.